The van der Waals surface area contributed by atoms with Gasteiger partial charge in [-0.15, -0.1) is 0 Å². The number of rotatable bonds is 3. The van der Waals surface area contributed by atoms with E-state index in [0.717, 1.165) is 18.9 Å². The number of hydrogen-bond acceptors (Lipinski definition) is 3. The van der Waals surface area contributed by atoms with Gasteiger partial charge in [0.2, 0.25) is 0 Å². The van der Waals surface area contributed by atoms with Gasteiger partial charge in [0.1, 0.15) is 5.82 Å². The number of benzene rings is 1. The van der Waals surface area contributed by atoms with Crippen LogP contribution in [0.1, 0.15) is 23.2 Å². The van der Waals surface area contributed by atoms with Gasteiger partial charge >= 0.3 is 12.0 Å². The Morgan fingerprint density at radius 1 is 1.43 bits per heavy atom. The summed E-state index contributed by atoms with van der Waals surface area (Å²) in [5, 5.41) is 20.5. The summed E-state index contributed by atoms with van der Waals surface area (Å²) in [6.07, 6.45) is 1.59. The van der Waals surface area contributed by atoms with Crippen LogP contribution in [0.5, 0.6) is 0 Å². The minimum Gasteiger partial charge on any atom is -0.478 e. The van der Waals surface area contributed by atoms with E-state index >= 15 is 0 Å². The number of nitrogens with zero attached hydrogens (tertiary/aromatic N) is 1. The maximum atomic E-state index is 13.7. The summed E-state index contributed by atoms with van der Waals surface area (Å²) in [6, 6.07) is 3.04. The molecule has 1 aromatic carbocycles. The zero-order valence-electron chi connectivity index (χ0n) is 11.4. The van der Waals surface area contributed by atoms with Gasteiger partial charge in [-0.05, 0) is 30.9 Å². The van der Waals surface area contributed by atoms with Crippen molar-refractivity contribution in [3.05, 3.63) is 29.6 Å². The van der Waals surface area contributed by atoms with Crippen LogP contribution in [0.15, 0.2) is 18.2 Å². The Balaban J connectivity index is 2.14. The number of carbonyl (C=O) groups excluding carboxylic acids is 1. The van der Waals surface area contributed by atoms with Crippen LogP contribution in [0.2, 0.25) is 0 Å². The number of para-hydroxylation sites is 1. The summed E-state index contributed by atoms with van der Waals surface area (Å²) >= 11 is 0. The third-order valence-corrected chi connectivity index (χ3v) is 3.54. The summed E-state index contributed by atoms with van der Waals surface area (Å²) in [7, 11) is 0. The number of likely N-dealkylation sites (tertiary alicyclic amines) is 1. The number of piperidine rings is 1. The predicted octanol–water partition coefficient (Wildman–Crippen LogP) is 1.76. The van der Waals surface area contributed by atoms with Crippen LogP contribution in [0.25, 0.3) is 0 Å². The molecule has 1 atom stereocenters. The second-order valence-corrected chi connectivity index (χ2v) is 5.03. The highest BCUT2D eigenvalue weighted by Gasteiger charge is 2.25. The minimum atomic E-state index is -1.31. The van der Waals surface area contributed by atoms with Gasteiger partial charge in [0.15, 0.2) is 0 Å². The first-order chi connectivity index (χ1) is 10.0. The third-order valence-electron chi connectivity index (χ3n) is 3.54. The Kier molecular flexibility index (Phi) is 4.74. The van der Waals surface area contributed by atoms with Crippen molar-refractivity contribution in [3.8, 4) is 0 Å². The largest absolute Gasteiger partial charge is 0.478 e. The molecule has 3 N–H and O–H groups in total. The molecule has 0 bridgehead atoms. The molecule has 1 fully saturated rings. The molecule has 1 aliphatic heterocycles. The number of nitrogens with one attached hydrogen (secondary N) is 1. The molecule has 7 heteroatoms. The highest BCUT2D eigenvalue weighted by Crippen LogP contribution is 2.22. The van der Waals surface area contributed by atoms with Crippen molar-refractivity contribution < 1.29 is 24.2 Å². The van der Waals surface area contributed by atoms with Crippen molar-refractivity contribution in [2.75, 3.05) is 25.0 Å². The number of anilines is 1. The SMILES string of the molecule is O=C(O)c1cccc(F)c1NC(=O)N1CCCC(CO)C1. The van der Waals surface area contributed by atoms with E-state index in [4.69, 9.17) is 10.2 Å². The molecule has 0 radical (unpaired) electrons. The van der Waals surface area contributed by atoms with E-state index in [-0.39, 0.29) is 23.8 Å². The topological polar surface area (TPSA) is 89.9 Å². The lowest BCUT2D eigenvalue weighted by Gasteiger charge is -2.32. The summed E-state index contributed by atoms with van der Waals surface area (Å²) in [5.41, 5.74) is -0.625. The van der Waals surface area contributed by atoms with Gasteiger partial charge in [-0.1, -0.05) is 6.07 Å². The molecule has 0 saturated carbocycles. The Hall–Kier alpha value is -2.15. The standard InChI is InChI=1S/C14H17FN2O4/c15-11-5-1-4-10(13(19)20)12(11)16-14(21)17-6-2-3-9(7-17)8-18/h1,4-5,9,18H,2-3,6-8H2,(H,16,21)(H,19,20). The van der Waals surface area contributed by atoms with E-state index < -0.39 is 17.8 Å². The van der Waals surface area contributed by atoms with Crippen molar-refractivity contribution in [1.82, 2.24) is 4.90 Å². The average molecular weight is 296 g/mol. The Bertz CT molecular complexity index is 550. The molecule has 1 unspecified atom stereocenters. The van der Waals surface area contributed by atoms with Crippen LogP contribution in [0, 0.1) is 11.7 Å². The summed E-state index contributed by atoms with van der Waals surface area (Å²) in [4.78, 5) is 24.7. The summed E-state index contributed by atoms with van der Waals surface area (Å²) < 4.78 is 13.7. The van der Waals surface area contributed by atoms with Gasteiger partial charge in [0, 0.05) is 19.7 Å². The number of aliphatic hydroxyl groups excluding tert-OH is 1. The average Bonchev–Trinajstić information content (AvgIpc) is 2.49. The first-order valence-electron chi connectivity index (χ1n) is 6.71. The van der Waals surface area contributed by atoms with E-state index in [0.29, 0.717) is 13.1 Å². The highest BCUT2D eigenvalue weighted by molar-refractivity contribution is 6.00. The molecule has 0 aromatic heterocycles. The number of urea groups is 1. The normalized spacial score (nSPS) is 18.4. The molecule has 21 heavy (non-hydrogen) atoms. The van der Waals surface area contributed by atoms with Gasteiger partial charge in [-0.2, -0.15) is 0 Å². The highest BCUT2D eigenvalue weighted by atomic mass is 19.1. The summed E-state index contributed by atoms with van der Waals surface area (Å²) in [6.45, 7) is 0.863. The van der Waals surface area contributed by atoms with Crippen LogP contribution in [0.3, 0.4) is 0 Å². The van der Waals surface area contributed by atoms with Crippen LogP contribution < -0.4 is 5.32 Å². The third kappa shape index (κ3) is 3.49. The predicted molar refractivity (Wildman–Crippen MR) is 73.8 cm³/mol. The molecular formula is C14H17FN2O4. The molecule has 6 nitrogen and oxygen atoms in total. The fourth-order valence-corrected chi connectivity index (χ4v) is 2.41. The fraction of sp³-hybridized carbons (Fsp3) is 0.429. The van der Waals surface area contributed by atoms with Crippen molar-refractivity contribution >= 4 is 17.7 Å². The number of amides is 2. The van der Waals surface area contributed by atoms with E-state index in [1.54, 1.807) is 0 Å². The number of halogens is 1. The van der Waals surface area contributed by atoms with E-state index in [1.165, 1.54) is 17.0 Å². The molecule has 1 aliphatic rings. The molecular weight excluding hydrogens is 279 g/mol. The monoisotopic (exact) mass is 296 g/mol. The lowest BCUT2D eigenvalue weighted by atomic mass is 9.99. The molecule has 1 aromatic rings. The lowest BCUT2D eigenvalue weighted by Crippen LogP contribution is -2.43. The Labute approximate surface area is 121 Å². The number of aliphatic hydroxyl groups is 1. The van der Waals surface area contributed by atoms with Crippen molar-refractivity contribution in [3.63, 3.8) is 0 Å². The second-order valence-electron chi connectivity index (χ2n) is 5.03. The lowest BCUT2D eigenvalue weighted by molar-refractivity contribution is 0.0697. The maximum Gasteiger partial charge on any atom is 0.337 e. The quantitative estimate of drug-likeness (QED) is 0.793. The number of carboxylic acid groups (broad SMARTS) is 1. The van der Waals surface area contributed by atoms with E-state index in [2.05, 4.69) is 5.32 Å². The van der Waals surface area contributed by atoms with Crippen molar-refractivity contribution in [2.45, 2.75) is 12.8 Å². The molecule has 1 saturated heterocycles. The smallest absolute Gasteiger partial charge is 0.337 e. The minimum absolute atomic E-state index is 0.00376. The van der Waals surface area contributed by atoms with Gasteiger partial charge < -0.3 is 20.4 Å². The molecule has 114 valence electrons. The summed E-state index contributed by atoms with van der Waals surface area (Å²) in [5.74, 6) is -2.10. The molecule has 1 heterocycles. The number of hydrogen-bond donors (Lipinski definition) is 3. The fourth-order valence-electron chi connectivity index (χ4n) is 2.41. The van der Waals surface area contributed by atoms with Crippen molar-refractivity contribution in [1.29, 1.82) is 0 Å². The van der Waals surface area contributed by atoms with E-state index in [9.17, 15) is 14.0 Å². The van der Waals surface area contributed by atoms with Crippen LogP contribution in [-0.4, -0.2) is 46.8 Å². The Morgan fingerprint density at radius 3 is 2.86 bits per heavy atom. The van der Waals surface area contributed by atoms with Gasteiger partial charge in [0.05, 0.1) is 11.3 Å². The molecule has 2 rings (SSSR count). The number of aromatic carboxylic acids is 1. The second kappa shape index (κ2) is 6.53. The first kappa shape index (κ1) is 15.2. The first-order valence-corrected chi connectivity index (χ1v) is 6.71. The zero-order chi connectivity index (χ0) is 15.4. The zero-order valence-corrected chi connectivity index (χ0v) is 11.4. The molecule has 0 spiro atoms. The number of carbonyl (C=O) groups is 2. The van der Waals surface area contributed by atoms with Gasteiger partial charge in [0.25, 0.3) is 0 Å². The van der Waals surface area contributed by atoms with Crippen LogP contribution >= 0.6 is 0 Å². The molecule has 0 aliphatic carbocycles. The number of carboxylic acids is 1. The Morgan fingerprint density at radius 2 is 2.19 bits per heavy atom. The van der Waals surface area contributed by atoms with Crippen molar-refractivity contribution in [2.24, 2.45) is 5.92 Å². The van der Waals surface area contributed by atoms with Crippen LogP contribution in [-0.2, 0) is 0 Å². The van der Waals surface area contributed by atoms with E-state index in [1.807, 2.05) is 0 Å². The molecule has 2 amide bonds. The van der Waals surface area contributed by atoms with Gasteiger partial charge in [-0.25, -0.2) is 14.0 Å². The maximum absolute atomic E-state index is 13.7. The van der Waals surface area contributed by atoms with Crippen LogP contribution in [0.4, 0.5) is 14.9 Å². The van der Waals surface area contributed by atoms with Gasteiger partial charge in [-0.3, -0.25) is 0 Å².